The molecule has 0 atom stereocenters. The van der Waals surface area contributed by atoms with Crippen molar-refractivity contribution in [1.29, 1.82) is 5.41 Å². The van der Waals surface area contributed by atoms with Crippen molar-refractivity contribution in [2.24, 2.45) is 18.7 Å². The standard InChI is InChI=1S/C21H24FN5O4.ClH/c1-27-20(29)15(19(28)25-13-6-3-11(4-7-13)21(30)31-2)10-17(26-27)14-8-5-12(18(23)24)9-16(14)22;/h5,8-11,13H,3-4,6-7H2,1-2H3,(H3,23,24)(H,25,28);1H/t11-,13-;. The van der Waals surface area contributed by atoms with Crippen molar-refractivity contribution in [3.05, 3.63) is 51.6 Å². The summed E-state index contributed by atoms with van der Waals surface area (Å²) in [6.45, 7) is 0. The number of nitrogens with one attached hydrogen (secondary N) is 2. The van der Waals surface area contributed by atoms with Gasteiger partial charge in [-0.05, 0) is 43.9 Å². The number of esters is 1. The molecule has 172 valence electrons. The molecule has 32 heavy (non-hydrogen) atoms. The highest BCUT2D eigenvalue weighted by atomic mass is 35.5. The van der Waals surface area contributed by atoms with Crippen LogP contribution in [0.4, 0.5) is 4.39 Å². The molecule has 11 heteroatoms. The average molecular weight is 466 g/mol. The molecule has 3 rings (SSSR count). The van der Waals surface area contributed by atoms with E-state index in [4.69, 9.17) is 15.9 Å². The van der Waals surface area contributed by atoms with Gasteiger partial charge in [0.1, 0.15) is 17.2 Å². The van der Waals surface area contributed by atoms with Crippen LogP contribution in [0.25, 0.3) is 11.3 Å². The molecule has 1 fully saturated rings. The van der Waals surface area contributed by atoms with E-state index in [0.717, 1.165) is 10.7 Å². The lowest BCUT2D eigenvalue weighted by molar-refractivity contribution is -0.146. The lowest BCUT2D eigenvalue weighted by atomic mass is 9.86. The van der Waals surface area contributed by atoms with Crippen LogP contribution in [0, 0.1) is 17.1 Å². The molecule has 4 N–H and O–H groups in total. The van der Waals surface area contributed by atoms with Crippen molar-refractivity contribution >= 4 is 30.1 Å². The van der Waals surface area contributed by atoms with E-state index >= 15 is 0 Å². The summed E-state index contributed by atoms with van der Waals surface area (Å²) in [6.07, 6.45) is 2.35. The predicted octanol–water partition coefficient (Wildman–Crippen LogP) is 1.75. The number of benzene rings is 1. The molecule has 0 spiro atoms. The van der Waals surface area contributed by atoms with Crippen LogP contribution in [0.2, 0.25) is 0 Å². The number of ether oxygens (including phenoxy) is 1. The number of nitrogens with two attached hydrogens (primary N) is 1. The van der Waals surface area contributed by atoms with Crippen molar-refractivity contribution in [2.45, 2.75) is 31.7 Å². The van der Waals surface area contributed by atoms with Crippen LogP contribution in [-0.4, -0.2) is 40.6 Å². The topological polar surface area (TPSA) is 140 Å². The van der Waals surface area contributed by atoms with Gasteiger partial charge in [-0.2, -0.15) is 5.10 Å². The number of halogens is 2. The molecule has 1 heterocycles. The quantitative estimate of drug-likeness (QED) is 0.349. The summed E-state index contributed by atoms with van der Waals surface area (Å²) in [5.74, 6) is -1.96. The first-order valence-electron chi connectivity index (χ1n) is 9.82. The highest BCUT2D eigenvalue weighted by Crippen LogP contribution is 2.26. The zero-order valence-electron chi connectivity index (χ0n) is 17.7. The molecule has 1 amide bonds. The van der Waals surface area contributed by atoms with E-state index in [0.29, 0.717) is 25.7 Å². The molecule has 2 aromatic rings. The number of aromatic nitrogens is 2. The second-order valence-electron chi connectivity index (χ2n) is 7.53. The van der Waals surface area contributed by atoms with Crippen LogP contribution < -0.4 is 16.6 Å². The molecule has 1 saturated carbocycles. The fourth-order valence-corrected chi connectivity index (χ4v) is 3.70. The average Bonchev–Trinajstić information content (AvgIpc) is 2.75. The SMILES string of the molecule is COC(=O)[C@H]1CC[C@H](NC(=O)c2cc(-c3ccc(C(=N)N)cc3F)nn(C)c2=O)CC1.Cl. The van der Waals surface area contributed by atoms with Crippen LogP contribution in [0.1, 0.15) is 41.6 Å². The molecule has 0 radical (unpaired) electrons. The molecule has 1 aromatic carbocycles. The zero-order valence-corrected chi connectivity index (χ0v) is 18.5. The second kappa shape index (κ2) is 10.4. The molecule has 1 aliphatic carbocycles. The minimum atomic E-state index is -0.675. The number of amides is 1. The number of hydrogen-bond donors (Lipinski definition) is 3. The van der Waals surface area contributed by atoms with Gasteiger partial charge in [-0.25, -0.2) is 9.07 Å². The third-order valence-corrected chi connectivity index (χ3v) is 5.46. The van der Waals surface area contributed by atoms with Gasteiger partial charge in [-0.1, -0.05) is 6.07 Å². The number of carbonyl (C=O) groups is 2. The van der Waals surface area contributed by atoms with E-state index in [-0.39, 0.29) is 58.6 Å². The Morgan fingerprint density at radius 1 is 1.25 bits per heavy atom. The van der Waals surface area contributed by atoms with Crippen molar-refractivity contribution in [3.63, 3.8) is 0 Å². The van der Waals surface area contributed by atoms with Crippen LogP contribution >= 0.6 is 12.4 Å². The fourth-order valence-electron chi connectivity index (χ4n) is 3.70. The lowest BCUT2D eigenvalue weighted by Crippen LogP contribution is -2.41. The second-order valence-corrected chi connectivity index (χ2v) is 7.53. The molecular formula is C21H25ClFN5O4. The van der Waals surface area contributed by atoms with Gasteiger partial charge in [-0.3, -0.25) is 19.8 Å². The number of carbonyl (C=O) groups excluding carboxylic acids is 2. The number of nitrogens with zero attached hydrogens (tertiary/aromatic N) is 2. The Morgan fingerprint density at radius 3 is 2.47 bits per heavy atom. The van der Waals surface area contributed by atoms with Crippen LogP contribution in [0.3, 0.4) is 0 Å². The number of amidine groups is 1. The summed E-state index contributed by atoms with van der Waals surface area (Å²) in [5.41, 5.74) is 5.01. The van der Waals surface area contributed by atoms with Gasteiger partial charge in [0.2, 0.25) is 0 Å². The first-order valence-corrected chi connectivity index (χ1v) is 9.82. The summed E-state index contributed by atoms with van der Waals surface area (Å²) >= 11 is 0. The maximum Gasteiger partial charge on any atom is 0.308 e. The van der Waals surface area contributed by atoms with Gasteiger partial charge in [0.05, 0.1) is 18.7 Å². The van der Waals surface area contributed by atoms with E-state index < -0.39 is 17.3 Å². The van der Waals surface area contributed by atoms with Gasteiger partial charge in [0, 0.05) is 24.2 Å². The van der Waals surface area contributed by atoms with Crippen molar-refractivity contribution in [3.8, 4) is 11.3 Å². The van der Waals surface area contributed by atoms with E-state index in [1.165, 1.54) is 32.4 Å². The van der Waals surface area contributed by atoms with Crippen LogP contribution in [0.5, 0.6) is 0 Å². The highest BCUT2D eigenvalue weighted by Gasteiger charge is 2.28. The van der Waals surface area contributed by atoms with Gasteiger partial charge in [-0.15, -0.1) is 12.4 Å². The Morgan fingerprint density at radius 2 is 1.91 bits per heavy atom. The van der Waals surface area contributed by atoms with E-state index in [1.54, 1.807) is 0 Å². The third kappa shape index (κ3) is 5.31. The molecule has 1 aromatic heterocycles. The maximum absolute atomic E-state index is 14.5. The highest BCUT2D eigenvalue weighted by molar-refractivity contribution is 5.96. The monoisotopic (exact) mass is 465 g/mol. The first kappa shape index (κ1) is 25.0. The number of nitrogen functional groups attached to an aromatic ring is 1. The fraction of sp³-hybridized carbons (Fsp3) is 0.381. The smallest absolute Gasteiger partial charge is 0.308 e. The van der Waals surface area contributed by atoms with Gasteiger partial charge >= 0.3 is 5.97 Å². The van der Waals surface area contributed by atoms with Crippen LogP contribution in [-0.2, 0) is 16.6 Å². The minimum Gasteiger partial charge on any atom is -0.469 e. The lowest BCUT2D eigenvalue weighted by Gasteiger charge is -2.27. The third-order valence-electron chi connectivity index (χ3n) is 5.46. The summed E-state index contributed by atoms with van der Waals surface area (Å²) < 4.78 is 20.3. The number of aryl methyl sites for hydroxylation is 1. The molecule has 9 nitrogen and oxygen atoms in total. The normalized spacial score (nSPS) is 17.7. The van der Waals surface area contributed by atoms with Crippen molar-refractivity contribution in [2.75, 3.05) is 7.11 Å². The van der Waals surface area contributed by atoms with Crippen molar-refractivity contribution in [1.82, 2.24) is 15.1 Å². The largest absolute Gasteiger partial charge is 0.469 e. The van der Waals surface area contributed by atoms with E-state index in [1.807, 2.05) is 0 Å². The predicted molar refractivity (Wildman–Crippen MR) is 118 cm³/mol. The number of methoxy groups -OCH3 is 1. The molecule has 0 bridgehead atoms. The van der Waals surface area contributed by atoms with Crippen LogP contribution in [0.15, 0.2) is 29.1 Å². The molecule has 0 saturated heterocycles. The van der Waals surface area contributed by atoms with Gasteiger partial charge in [0.15, 0.2) is 0 Å². The summed E-state index contributed by atoms with van der Waals surface area (Å²) in [4.78, 5) is 36.9. The summed E-state index contributed by atoms with van der Waals surface area (Å²) in [5, 5.41) is 14.3. The maximum atomic E-state index is 14.5. The molecule has 1 aliphatic rings. The Labute approximate surface area is 190 Å². The summed E-state index contributed by atoms with van der Waals surface area (Å²) in [6, 6.07) is 5.04. The molecule has 0 unspecified atom stereocenters. The Balaban J connectivity index is 0.00000363. The molecular weight excluding hydrogens is 441 g/mol. The van der Waals surface area contributed by atoms with Crippen molar-refractivity contribution < 1.29 is 18.7 Å². The Kier molecular flexibility index (Phi) is 8.09. The Bertz CT molecular complexity index is 1100. The van der Waals surface area contributed by atoms with E-state index in [2.05, 4.69) is 10.4 Å². The zero-order chi connectivity index (χ0) is 22.7. The van der Waals surface area contributed by atoms with Gasteiger partial charge < -0.3 is 15.8 Å². The van der Waals surface area contributed by atoms with Gasteiger partial charge in [0.25, 0.3) is 11.5 Å². The number of rotatable bonds is 5. The Hall–Kier alpha value is -3.27. The summed E-state index contributed by atoms with van der Waals surface area (Å²) in [7, 11) is 2.73. The molecule has 0 aliphatic heterocycles. The minimum absolute atomic E-state index is 0. The van der Waals surface area contributed by atoms with E-state index in [9.17, 15) is 18.8 Å². The first-order chi connectivity index (χ1) is 14.7. The number of hydrogen-bond acceptors (Lipinski definition) is 6.